The molecule has 2 aromatic carbocycles. The van der Waals surface area contributed by atoms with Crippen LogP contribution in [-0.2, 0) is 5.60 Å². The summed E-state index contributed by atoms with van der Waals surface area (Å²) in [6, 6.07) is 11.6. The predicted octanol–water partition coefficient (Wildman–Crippen LogP) is 5.39. The monoisotopic (exact) mass is 515 g/mol. The highest BCUT2D eigenvalue weighted by Crippen LogP contribution is 2.35. The number of aliphatic hydroxyl groups is 1. The summed E-state index contributed by atoms with van der Waals surface area (Å²) in [5.74, 6) is 2.38. The summed E-state index contributed by atoms with van der Waals surface area (Å²) in [4.78, 5) is 17.3. The Bertz CT molecular complexity index is 1290. The van der Waals surface area contributed by atoms with Crippen LogP contribution in [0.3, 0.4) is 0 Å². The minimum absolute atomic E-state index is 0.101. The number of aromatic nitrogens is 1. The fourth-order valence-corrected chi connectivity index (χ4v) is 3.69. The molecule has 0 aliphatic carbocycles. The Morgan fingerprint density at radius 1 is 1.11 bits per heavy atom. The number of carbonyl (C=O) groups excluding carboxylic acids is 1. The van der Waals surface area contributed by atoms with Gasteiger partial charge in [-0.3, -0.25) is 4.79 Å². The molecule has 1 unspecified atom stereocenters. The number of alkyl halides is 1. The number of benzene rings is 2. The number of hydrogen-bond donors (Lipinski definition) is 1. The van der Waals surface area contributed by atoms with Gasteiger partial charge in [-0.2, -0.15) is 0 Å². The smallest absolute Gasteiger partial charge is 0.167 e. The topological polar surface area (TPSA) is 77.9 Å². The molecule has 0 amide bonds. The van der Waals surface area contributed by atoms with Gasteiger partial charge in [0.1, 0.15) is 30.5 Å². The van der Waals surface area contributed by atoms with E-state index in [0.717, 1.165) is 0 Å². The van der Waals surface area contributed by atoms with Crippen LogP contribution in [0.5, 0.6) is 17.2 Å². The first kappa shape index (κ1) is 26.9. The number of pyridine rings is 1. The van der Waals surface area contributed by atoms with Gasteiger partial charge in [-0.05, 0) is 48.5 Å². The van der Waals surface area contributed by atoms with Crippen molar-refractivity contribution in [3.05, 3.63) is 70.6 Å². The first-order valence-corrected chi connectivity index (χ1v) is 11.2. The molecule has 0 aliphatic heterocycles. The Labute approximate surface area is 212 Å². The number of rotatable bonds is 11. The summed E-state index contributed by atoms with van der Waals surface area (Å²) in [5, 5.41) is 11.1. The Morgan fingerprint density at radius 3 is 2.47 bits per heavy atom. The second-order valence-corrected chi connectivity index (χ2v) is 8.11. The van der Waals surface area contributed by atoms with E-state index in [-0.39, 0.29) is 41.7 Å². The van der Waals surface area contributed by atoms with Gasteiger partial charge in [0.2, 0.25) is 0 Å². The van der Waals surface area contributed by atoms with Gasteiger partial charge >= 0.3 is 0 Å². The SMILES string of the molecule is C#CC(O)(CCC(=O)c1ccc(OCCF)c(OC)c1)c1ccc(OC)c(-c2ccc(F)c(Cl)c2)n1. The largest absolute Gasteiger partial charge is 0.494 e. The quantitative estimate of drug-likeness (QED) is 0.272. The maximum atomic E-state index is 13.6. The van der Waals surface area contributed by atoms with E-state index in [1.54, 1.807) is 6.07 Å². The highest BCUT2D eigenvalue weighted by molar-refractivity contribution is 6.31. The minimum atomic E-state index is -1.88. The summed E-state index contributed by atoms with van der Waals surface area (Å²) < 4.78 is 41.9. The van der Waals surface area contributed by atoms with Gasteiger partial charge in [0.15, 0.2) is 22.9 Å². The van der Waals surface area contributed by atoms with Crippen LogP contribution in [-0.4, -0.2) is 43.4 Å². The molecule has 9 heteroatoms. The zero-order valence-corrected chi connectivity index (χ0v) is 20.4. The van der Waals surface area contributed by atoms with E-state index in [1.165, 1.54) is 56.7 Å². The lowest BCUT2D eigenvalue weighted by Gasteiger charge is -2.23. The lowest BCUT2D eigenvalue weighted by molar-refractivity contribution is 0.0736. The Kier molecular flexibility index (Phi) is 8.86. The Balaban J connectivity index is 1.85. The van der Waals surface area contributed by atoms with Crippen molar-refractivity contribution in [2.45, 2.75) is 18.4 Å². The van der Waals surface area contributed by atoms with Crippen molar-refractivity contribution >= 4 is 17.4 Å². The van der Waals surface area contributed by atoms with E-state index in [1.807, 2.05) is 0 Å². The summed E-state index contributed by atoms with van der Waals surface area (Å²) in [7, 11) is 2.85. The van der Waals surface area contributed by atoms with Crippen LogP contribution in [0.2, 0.25) is 5.02 Å². The fourth-order valence-electron chi connectivity index (χ4n) is 3.51. The molecule has 36 heavy (non-hydrogen) atoms. The molecule has 0 spiro atoms. The number of Topliss-reactive ketones (excluding diaryl/α,β-unsaturated/α-hetero) is 1. The van der Waals surface area contributed by atoms with Gasteiger partial charge in [0.25, 0.3) is 0 Å². The molecule has 1 atom stereocenters. The van der Waals surface area contributed by atoms with Crippen molar-refractivity contribution in [3.8, 4) is 40.8 Å². The van der Waals surface area contributed by atoms with E-state index >= 15 is 0 Å². The molecule has 1 aromatic heterocycles. The van der Waals surface area contributed by atoms with Crippen LogP contribution in [0.4, 0.5) is 8.78 Å². The van der Waals surface area contributed by atoms with E-state index < -0.39 is 18.1 Å². The highest BCUT2D eigenvalue weighted by Gasteiger charge is 2.31. The zero-order valence-electron chi connectivity index (χ0n) is 19.7. The molecule has 188 valence electrons. The number of carbonyl (C=O) groups is 1. The molecule has 1 heterocycles. The second-order valence-electron chi connectivity index (χ2n) is 7.71. The van der Waals surface area contributed by atoms with E-state index in [0.29, 0.717) is 28.3 Å². The van der Waals surface area contributed by atoms with Crippen molar-refractivity contribution in [2.24, 2.45) is 0 Å². The maximum absolute atomic E-state index is 13.6. The molecule has 3 aromatic rings. The fraction of sp³-hybridized carbons (Fsp3) is 0.259. The summed E-state index contributed by atoms with van der Waals surface area (Å²) in [5.41, 5.74) is -0.706. The average Bonchev–Trinajstić information content (AvgIpc) is 2.91. The molecule has 6 nitrogen and oxygen atoms in total. The molecule has 0 bridgehead atoms. The summed E-state index contributed by atoms with van der Waals surface area (Å²) >= 11 is 5.92. The van der Waals surface area contributed by atoms with Crippen molar-refractivity contribution in [2.75, 3.05) is 27.5 Å². The van der Waals surface area contributed by atoms with Gasteiger partial charge in [-0.15, -0.1) is 6.42 Å². The molecule has 0 radical (unpaired) electrons. The van der Waals surface area contributed by atoms with E-state index in [9.17, 15) is 18.7 Å². The minimum Gasteiger partial charge on any atom is -0.494 e. The van der Waals surface area contributed by atoms with Crippen molar-refractivity contribution < 1.29 is 32.9 Å². The molecule has 1 N–H and O–H groups in total. The maximum Gasteiger partial charge on any atom is 0.167 e. The normalized spacial score (nSPS) is 12.4. The third-order valence-electron chi connectivity index (χ3n) is 5.47. The number of nitrogens with zero attached hydrogens (tertiary/aromatic N) is 1. The van der Waals surface area contributed by atoms with Crippen LogP contribution in [0, 0.1) is 18.2 Å². The molecular weight excluding hydrogens is 492 g/mol. The predicted molar refractivity (Wildman–Crippen MR) is 132 cm³/mol. The van der Waals surface area contributed by atoms with Gasteiger partial charge in [0.05, 0.1) is 24.9 Å². The number of terminal acetylenes is 1. The van der Waals surface area contributed by atoms with Gasteiger partial charge in [0, 0.05) is 24.0 Å². The summed E-state index contributed by atoms with van der Waals surface area (Å²) in [6.45, 7) is -0.802. The van der Waals surface area contributed by atoms with Crippen molar-refractivity contribution in [3.63, 3.8) is 0 Å². The third kappa shape index (κ3) is 5.93. The molecule has 0 fully saturated rings. The molecule has 3 rings (SSSR count). The molecule has 0 saturated carbocycles. The van der Waals surface area contributed by atoms with E-state index in [4.69, 9.17) is 32.2 Å². The van der Waals surface area contributed by atoms with Crippen LogP contribution in [0.1, 0.15) is 28.9 Å². The van der Waals surface area contributed by atoms with Crippen LogP contribution < -0.4 is 14.2 Å². The van der Waals surface area contributed by atoms with E-state index in [2.05, 4.69) is 10.9 Å². The number of ether oxygens (including phenoxy) is 3. The van der Waals surface area contributed by atoms with Crippen LogP contribution in [0.15, 0.2) is 48.5 Å². The second kappa shape index (κ2) is 11.8. The number of ketones is 1. The molecule has 0 saturated heterocycles. The first-order valence-electron chi connectivity index (χ1n) is 10.9. The Morgan fingerprint density at radius 2 is 1.83 bits per heavy atom. The van der Waals surface area contributed by atoms with Crippen molar-refractivity contribution in [1.29, 1.82) is 0 Å². The lowest BCUT2D eigenvalue weighted by Crippen LogP contribution is -2.26. The molecular formula is C27H24ClF2NO5. The number of halogens is 3. The Hall–Kier alpha value is -3.67. The standard InChI is InChI=1S/C27H24ClF2NO5/c1-4-27(33,12-11-21(32)17-6-8-22(36-14-13-29)24(16-17)35-3)25-10-9-23(34-2)26(31-25)18-5-7-20(30)19(28)15-18/h1,5-10,15-16,33H,11-14H2,2-3H3. The highest BCUT2D eigenvalue weighted by atomic mass is 35.5. The van der Waals surface area contributed by atoms with Gasteiger partial charge in [-0.25, -0.2) is 13.8 Å². The van der Waals surface area contributed by atoms with Gasteiger partial charge < -0.3 is 19.3 Å². The van der Waals surface area contributed by atoms with Crippen LogP contribution >= 0.6 is 11.6 Å². The average molecular weight is 516 g/mol. The van der Waals surface area contributed by atoms with Crippen LogP contribution in [0.25, 0.3) is 11.3 Å². The molecule has 0 aliphatic rings. The zero-order chi connectivity index (χ0) is 26.3. The number of hydrogen-bond acceptors (Lipinski definition) is 6. The first-order chi connectivity index (χ1) is 17.3. The summed E-state index contributed by atoms with van der Waals surface area (Å²) in [6.07, 6.45) is 5.42. The number of methoxy groups -OCH3 is 2. The van der Waals surface area contributed by atoms with Crippen molar-refractivity contribution in [1.82, 2.24) is 4.98 Å². The van der Waals surface area contributed by atoms with Gasteiger partial charge in [-0.1, -0.05) is 17.5 Å². The lowest BCUT2D eigenvalue weighted by atomic mass is 9.91. The third-order valence-corrected chi connectivity index (χ3v) is 5.76.